The van der Waals surface area contributed by atoms with Crippen LogP contribution in [0.5, 0.6) is 0 Å². The fraction of sp³-hybridized carbons (Fsp3) is 0.368. The van der Waals surface area contributed by atoms with Gasteiger partial charge in [0.15, 0.2) is 0 Å². The summed E-state index contributed by atoms with van der Waals surface area (Å²) in [4.78, 5) is 0. The largest absolute Gasteiger partial charge is 0.416 e. The number of fused-ring (bicyclic) bond motifs is 1. The van der Waals surface area contributed by atoms with Gasteiger partial charge in [-0.15, -0.1) is 0 Å². The molecule has 3 rings (SSSR count). The molecule has 5 heteroatoms. The Morgan fingerprint density at radius 1 is 1.04 bits per heavy atom. The van der Waals surface area contributed by atoms with Crippen molar-refractivity contribution >= 4 is 0 Å². The molecule has 3 N–H and O–H groups in total. The van der Waals surface area contributed by atoms with Gasteiger partial charge in [-0.25, -0.2) is 0 Å². The molecule has 128 valence electrons. The molecule has 0 saturated carbocycles. The van der Waals surface area contributed by atoms with E-state index in [1.165, 1.54) is 12.1 Å². The lowest BCUT2D eigenvalue weighted by molar-refractivity contribution is -0.137. The van der Waals surface area contributed by atoms with Crippen LogP contribution in [0.15, 0.2) is 48.5 Å². The van der Waals surface area contributed by atoms with Gasteiger partial charge in [0.05, 0.1) is 5.56 Å². The van der Waals surface area contributed by atoms with Gasteiger partial charge < -0.3 is 11.1 Å². The van der Waals surface area contributed by atoms with Crippen molar-refractivity contribution in [3.8, 4) is 0 Å². The summed E-state index contributed by atoms with van der Waals surface area (Å²) in [6.07, 6.45) is -2.22. The number of alkyl halides is 3. The summed E-state index contributed by atoms with van der Waals surface area (Å²) in [6.45, 7) is 1.06. The van der Waals surface area contributed by atoms with E-state index < -0.39 is 11.7 Å². The SMILES string of the molecule is NCC1(NCc2ccccc2)CCc2ccc(C(F)(F)F)cc2C1. The van der Waals surface area contributed by atoms with Crippen LogP contribution in [0.2, 0.25) is 0 Å². The van der Waals surface area contributed by atoms with Crippen molar-refractivity contribution in [1.82, 2.24) is 5.32 Å². The van der Waals surface area contributed by atoms with Crippen LogP contribution in [0.25, 0.3) is 0 Å². The van der Waals surface area contributed by atoms with E-state index >= 15 is 0 Å². The molecule has 0 amide bonds. The first kappa shape index (κ1) is 17.0. The van der Waals surface area contributed by atoms with E-state index in [0.29, 0.717) is 19.5 Å². The Morgan fingerprint density at radius 2 is 1.79 bits per heavy atom. The van der Waals surface area contributed by atoms with Crippen LogP contribution in [-0.4, -0.2) is 12.1 Å². The van der Waals surface area contributed by atoms with Crippen molar-refractivity contribution in [3.05, 3.63) is 70.8 Å². The highest BCUT2D eigenvalue weighted by Gasteiger charge is 2.36. The van der Waals surface area contributed by atoms with E-state index in [1.807, 2.05) is 30.3 Å². The average Bonchev–Trinajstić information content (AvgIpc) is 2.59. The topological polar surface area (TPSA) is 38.0 Å². The minimum Gasteiger partial charge on any atom is -0.329 e. The number of aryl methyl sites for hydroxylation is 1. The van der Waals surface area contributed by atoms with E-state index in [-0.39, 0.29) is 5.54 Å². The number of benzene rings is 2. The van der Waals surface area contributed by atoms with Gasteiger partial charge in [-0.05, 0) is 48.1 Å². The summed E-state index contributed by atoms with van der Waals surface area (Å²) in [6, 6.07) is 14.0. The van der Waals surface area contributed by atoms with Gasteiger partial charge >= 0.3 is 6.18 Å². The highest BCUT2D eigenvalue weighted by Crippen LogP contribution is 2.35. The van der Waals surface area contributed by atoms with Crippen molar-refractivity contribution in [2.75, 3.05) is 6.54 Å². The van der Waals surface area contributed by atoms with Gasteiger partial charge in [0.2, 0.25) is 0 Å². The number of rotatable bonds is 4. The Labute approximate surface area is 139 Å². The van der Waals surface area contributed by atoms with E-state index in [9.17, 15) is 13.2 Å². The number of hydrogen-bond donors (Lipinski definition) is 2. The summed E-state index contributed by atoms with van der Waals surface area (Å²) >= 11 is 0. The maximum atomic E-state index is 13.0. The lowest BCUT2D eigenvalue weighted by atomic mass is 9.77. The predicted octanol–water partition coefficient (Wildman–Crippen LogP) is 3.68. The minimum absolute atomic E-state index is 0.354. The molecule has 0 heterocycles. The number of nitrogens with one attached hydrogen (secondary N) is 1. The lowest BCUT2D eigenvalue weighted by Crippen LogP contribution is -2.54. The third-order valence-corrected chi connectivity index (χ3v) is 4.84. The molecule has 1 aliphatic carbocycles. The third kappa shape index (κ3) is 3.62. The van der Waals surface area contributed by atoms with Crippen molar-refractivity contribution in [2.24, 2.45) is 5.73 Å². The Hall–Kier alpha value is -1.85. The first-order valence-corrected chi connectivity index (χ1v) is 8.10. The van der Waals surface area contributed by atoms with Crippen LogP contribution in [0.1, 0.15) is 28.7 Å². The van der Waals surface area contributed by atoms with Crippen LogP contribution < -0.4 is 11.1 Å². The second-order valence-corrected chi connectivity index (χ2v) is 6.48. The highest BCUT2D eigenvalue weighted by molar-refractivity contribution is 5.37. The molecule has 0 saturated heterocycles. The second kappa shape index (κ2) is 6.57. The molecule has 24 heavy (non-hydrogen) atoms. The summed E-state index contributed by atoms with van der Waals surface area (Å²) < 4.78 is 38.9. The number of nitrogens with two attached hydrogens (primary N) is 1. The third-order valence-electron chi connectivity index (χ3n) is 4.84. The van der Waals surface area contributed by atoms with Crippen LogP contribution in [-0.2, 0) is 25.6 Å². The molecule has 1 atom stereocenters. The number of hydrogen-bond acceptors (Lipinski definition) is 2. The van der Waals surface area contributed by atoms with Crippen LogP contribution >= 0.6 is 0 Å². The summed E-state index contributed by atoms with van der Waals surface area (Å²) in [7, 11) is 0. The molecule has 2 nitrogen and oxygen atoms in total. The Kier molecular flexibility index (Phi) is 4.65. The molecule has 0 bridgehead atoms. The van der Waals surface area contributed by atoms with Crippen LogP contribution in [0, 0.1) is 0 Å². The fourth-order valence-electron chi connectivity index (χ4n) is 3.32. The minimum atomic E-state index is -4.31. The summed E-state index contributed by atoms with van der Waals surface area (Å²) in [5.74, 6) is 0. The van der Waals surface area contributed by atoms with Gasteiger partial charge in [-0.2, -0.15) is 13.2 Å². The molecule has 0 fully saturated rings. The zero-order valence-electron chi connectivity index (χ0n) is 13.4. The van der Waals surface area contributed by atoms with Gasteiger partial charge in [0.25, 0.3) is 0 Å². The Balaban J connectivity index is 1.80. The van der Waals surface area contributed by atoms with E-state index in [2.05, 4.69) is 5.32 Å². The molecular weight excluding hydrogens is 313 g/mol. The average molecular weight is 334 g/mol. The molecule has 0 aliphatic heterocycles. The zero-order chi connectivity index (χ0) is 17.2. The molecule has 0 aromatic heterocycles. The standard InChI is InChI=1S/C19H21F3N2/c20-19(21,22)17-7-6-15-8-9-18(13-23,11-16(15)10-17)24-12-14-4-2-1-3-5-14/h1-7,10,24H,8-9,11-13,23H2. The second-order valence-electron chi connectivity index (χ2n) is 6.48. The molecule has 2 aromatic carbocycles. The monoisotopic (exact) mass is 334 g/mol. The molecule has 2 aromatic rings. The number of halogens is 3. The van der Waals surface area contributed by atoms with E-state index in [4.69, 9.17) is 5.73 Å². The van der Waals surface area contributed by atoms with Gasteiger partial charge in [-0.3, -0.25) is 0 Å². The van der Waals surface area contributed by atoms with Crippen molar-refractivity contribution < 1.29 is 13.2 Å². The molecule has 1 aliphatic rings. The predicted molar refractivity (Wildman–Crippen MR) is 88.5 cm³/mol. The van der Waals surface area contributed by atoms with Crippen molar-refractivity contribution in [1.29, 1.82) is 0 Å². The molecule has 0 spiro atoms. The van der Waals surface area contributed by atoms with Gasteiger partial charge in [-0.1, -0.05) is 36.4 Å². The molecule has 0 radical (unpaired) electrons. The highest BCUT2D eigenvalue weighted by atomic mass is 19.4. The van der Waals surface area contributed by atoms with Gasteiger partial charge in [0, 0.05) is 18.6 Å². The smallest absolute Gasteiger partial charge is 0.329 e. The maximum absolute atomic E-state index is 13.0. The Bertz CT molecular complexity index is 698. The van der Waals surface area contributed by atoms with Crippen molar-refractivity contribution in [2.45, 2.75) is 37.5 Å². The zero-order valence-corrected chi connectivity index (χ0v) is 13.4. The fourth-order valence-corrected chi connectivity index (χ4v) is 3.32. The Morgan fingerprint density at radius 3 is 2.46 bits per heavy atom. The van der Waals surface area contributed by atoms with Gasteiger partial charge in [0.1, 0.15) is 0 Å². The summed E-state index contributed by atoms with van der Waals surface area (Å²) in [5.41, 5.74) is 7.94. The maximum Gasteiger partial charge on any atom is 0.416 e. The first-order valence-electron chi connectivity index (χ1n) is 8.10. The quantitative estimate of drug-likeness (QED) is 0.895. The molecule has 1 unspecified atom stereocenters. The normalized spacial score (nSPS) is 20.7. The molecular formula is C19H21F3N2. The first-order chi connectivity index (χ1) is 11.4. The van der Waals surface area contributed by atoms with Crippen LogP contribution in [0.4, 0.5) is 13.2 Å². The summed E-state index contributed by atoms with van der Waals surface area (Å²) in [5, 5.41) is 3.49. The van der Waals surface area contributed by atoms with Crippen molar-refractivity contribution in [3.63, 3.8) is 0 Å². The van der Waals surface area contributed by atoms with E-state index in [0.717, 1.165) is 29.5 Å². The van der Waals surface area contributed by atoms with E-state index in [1.54, 1.807) is 6.07 Å². The lowest BCUT2D eigenvalue weighted by Gasteiger charge is -2.38. The van der Waals surface area contributed by atoms with Crippen LogP contribution in [0.3, 0.4) is 0 Å².